The summed E-state index contributed by atoms with van der Waals surface area (Å²) in [6.45, 7) is 2.16. The van der Waals surface area contributed by atoms with E-state index in [4.69, 9.17) is 4.74 Å². The number of pyridine rings is 1. The molecule has 0 saturated carbocycles. The van der Waals surface area contributed by atoms with Crippen LogP contribution >= 0.6 is 0 Å². The van der Waals surface area contributed by atoms with E-state index >= 15 is 0 Å². The van der Waals surface area contributed by atoms with Crippen LogP contribution in [0.5, 0.6) is 0 Å². The fourth-order valence-corrected chi connectivity index (χ4v) is 2.89. The molecule has 3 aromatic rings. The number of ether oxygens (including phenoxy) is 1. The van der Waals surface area contributed by atoms with E-state index in [2.05, 4.69) is 20.4 Å². The van der Waals surface area contributed by atoms with Crippen molar-refractivity contribution in [2.75, 3.05) is 19.8 Å². The molecule has 3 heterocycles. The van der Waals surface area contributed by atoms with Crippen molar-refractivity contribution in [2.45, 2.75) is 12.5 Å². The summed E-state index contributed by atoms with van der Waals surface area (Å²) < 4.78 is 20.9. The zero-order valence-corrected chi connectivity index (χ0v) is 13.6. The first-order valence-electron chi connectivity index (χ1n) is 8.23. The highest BCUT2D eigenvalue weighted by Crippen LogP contribution is 2.19. The molecule has 128 valence electrons. The molecule has 1 N–H and O–H groups in total. The molecule has 2 aromatic heterocycles. The van der Waals surface area contributed by atoms with E-state index in [1.54, 1.807) is 23.1 Å². The Bertz CT molecular complexity index is 846. The molecule has 0 radical (unpaired) electrons. The standard InChI is InChI=1S/C18H18FN5O/c19-14-2-1-3-16(10-14)24-17(11-15-12-25-9-8-21-15)22-18(23-24)13-4-6-20-7-5-13/h1-7,10,15,21H,8-9,11-12H2/t15-/m1/s1. The van der Waals surface area contributed by atoms with E-state index in [0.717, 1.165) is 24.5 Å². The molecule has 0 bridgehead atoms. The number of hydrogen-bond donors (Lipinski definition) is 1. The third kappa shape index (κ3) is 3.57. The van der Waals surface area contributed by atoms with Crippen LogP contribution in [-0.4, -0.2) is 45.5 Å². The van der Waals surface area contributed by atoms with E-state index in [1.165, 1.54) is 12.1 Å². The Morgan fingerprint density at radius 1 is 1.24 bits per heavy atom. The number of rotatable bonds is 4. The summed E-state index contributed by atoms with van der Waals surface area (Å²) in [7, 11) is 0. The number of benzene rings is 1. The highest BCUT2D eigenvalue weighted by atomic mass is 19.1. The fourth-order valence-electron chi connectivity index (χ4n) is 2.89. The molecule has 1 aromatic carbocycles. The minimum Gasteiger partial charge on any atom is -0.379 e. The van der Waals surface area contributed by atoms with Gasteiger partial charge in [-0.15, -0.1) is 5.10 Å². The van der Waals surface area contributed by atoms with Gasteiger partial charge in [0.05, 0.1) is 18.9 Å². The van der Waals surface area contributed by atoms with Gasteiger partial charge in [-0.05, 0) is 30.3 Å². The Morgan fingerprint density at radius 3 is 2.88 bits per heavy atom. The summed E-state index contributed by atoms with van der Waals surface area (Å²) >= 11 is 0. The van der Waals surface area contributed by atoms with Gasteiger partial charge in [-0.25, -0.2) is 14.1 Å². The van der Waals surface area contributed by atoms with Crippen LogP contribution in [0, 0.1) is 5.82 Å². The summed E-state index contributed by atoms with van der Waals surface area (Å²) in [5, 5.41) is 8.02. The molecule has 1 saturated heterocycles. The van der Waals surface area contributed by atoms with Crippen LogP contribution in [0.3, 0.4) is 0 Å². The van der Waals surface area contributed by atoms with Crippen molar-refractivity contribution in [1.82, 2.24) is 25.1 Å². The summed E-state index contributed by atoms with van der Waals surface area (Å²) in [5.41, 5.74) is 1.53. The van der Waals surface area contributed by atoms with Crippen LogP contribution in [0.25, 0.3) is 17.1 Å². The van der Waals surface area contributed by atoms with Crippen LogP contribution in [0.15, 0.2) is 48.8 Å². The lowest BCUT2D eigenvalue weighted by Gasteiger charge is -2.23. The van der Waals surface area contributed by atoms with Crippen molar-refractivity contribution in [3.63, 3.8) is 0 Å². The molecule has 4 rings (SSSR count). The highest BCUT2D eigenvalue weighted by Gasteiger charge is 2.20. The van der Waals surface area contributed by atoms with Crippen LogP contribution in [0.4, 0.5) is 4.39 Å². The molecule has 25 heavy (non-hydrogen) atoms. The van der Waals surface area contributed by atoms with Crippen molar-refractivity contribution in [3.05, 3.63) is 60.4 Å². The molecule has 1 aliphatic heterocycles. The monoisotopic (exact) mass is 339 g/mol. The van der Waals surface area contributed by atoms with Crippen LogP contribution < -0.4 is 5.32 Å². The molecular formula is C18H18FN5O. The Balaban J connectivity index is 1.73. The van der Waals surface area contributed by atoms with Gasteiger partial charge in [0.15, 0.2) is 5.82 Å². The van der Waals surface area contributed by atoms with Crippen LogP contribution in [0.2, 0.25) is 0 Å². The first-order valence-corrected chi connectivity index (χ1v) is 8.23. The maximum atomic E-state index is 13.7. The van der Waals surface area contributed by atoms with Crippen molar-refractivity contribution in [2.24, 2.45) is 0 Å². The number of nitrogens with one attached hydrogen (secondary N) is 1. The number of aromatic nitrogens is 4. The van der Waals surface area contributed by atoms with Gasteiger partial charge in [-0.3, -0.25) is 4.98 Å². The minimum atomic E-state index is -0.302. The molecule has 6 nitrogen and oxygen atoms in total. The summed E-state index contributed by atoms with van der Waals surface area (Å²) in [6, 6.07) is 10.2. The van der Waals surface area contributed by atoms with Crippen LogP contribution in [-0.2, 0) is 11.2 Å². The van der Waals surface area contributed by atoms with E-state index in [9.17, 15) is 4.39 Å². The molecule has 0 spiro atoms. The molecule has 1 atom stereocenters. The molecule has 0 aliphatic carbocycles. The van der Waals surface area contributed by atoms with Gasteiger partial charge in [0.25, 0.3) is 0 Å². The Kier molecular flexibility index (Phi) is 4.49. The summed E-state index contributed by atoms with van der Waals surface area (Å²) in [6.07, 6.45) is 4.05. The number of nitrogens with zero attached hydrogens (tertiary/aromatic N) is 4. The number of morpholine rings is 1. The van der Waals surface area contributed by atoms with Gasteiger partial charge in [-0.1, -0.05) is 6.07 Å². The lowest BCUT2D eigenvalue weighted by Crippen LogP contribution is -2.43. The highest BCUT2D eigenvalue weighted by molar-refractivity contribution is 5.54. The van der Waals surface area contributed by atoms with Gasteiger partial charge in [0.1, 0.15) is 11.6 Å². The topological polar surface area (TPSA) is 64.9 Å². The lowest BCUT2D eigenvalue weighted by atomic mass is 10.2. The zero-order chi connectivity index (χ0) is 17.1. The Hall–Kier alpha value is -2.64. The van der Waals surface area contributed by atoms with Gasteiger partial charge in [0.2, 0.25) is 0 Å². The van der Waals surface area contributed by atoms with E-state index in [0.29, 0.717) is 24.5 Å². The third-order valence-corrected chi connectivity index (χ3v) is 4.09. The van der Waals surface area contributed by atoms with Crippen molar-refractivity contribution >= 4 is 0 Å². The quantitative estimate of drug-likeness (QED) is 0.788. The van der Waals surface area contributed by atoms with Crippen molar-refractivity contribution in [1.29, 1.82) is 0 Å². The van der Waals surface area contributed by atoms with Gasteiger partial charge in [-0.2, -0.15) is 0 Å². The predicted molar refractivity (Wildman–Crippen MR) is 90.9 cm³/mol. The first kappa shape index (κ1) is 15.9. The van der Waals surface area contributed by atoms with Crippen molar-refractivity contribution < 1.29 is 9.13 Å². The zero-order valence-electron chi connectivity index (χ0n) is 13.6. The summed E-state index contributed by atoms with van der Waals surface area (Å²) in [4.78, 5) is 8.71. The molecule has 1 fully saturated rings. The lowest BCUT2D eigenvalue weighted by molar-refractivity contribution is 0.0762. The van der Waals surface area contributed by atoms with Gasteiger partial charge < -0.3 is 10.1 Å². The minimum absolute atomic E-state index is 0.163. The summed E-state index contributed by atoms with van der Waals surface area (Å²) in [5.74, 6) is 1.06. The SMILES string of the molecule is Fc1cccc(-n2nc(-c3ccncc3)nc2C[C@@H]2COCCN2)c1. The maximum Gasteiger partial charge on any atom is 0.181 e. The predicted octanol–water partition coefficient (Wildman–Crippen LogP) is 2.00. The smallest absolute Gasteiger partial charge is 0.181 e. The molecule has 7 heteroatoms. The maximum absolute atomic E-state index is 13.7. The van der Waals surface area contributed by atoms with Crippen LogP contribution in [0.1, 0.15) is 5.82 Å². The Morgan fingerprint density at radius 2 is 2.12 bits per heavy atom. The van der Waals surface area contributed by atoms with E-state index in [1.807, 2.05) is 18.2 Å². The normalized spacial score (nSPS) is 17.6. The average Bonchev–Trinajstić information content (AvgIpc) is 3.07. The van der Waals surface area contributed by atoms with Crippen molar-refractivity contribution in [3.8, 4) is 17.1 Å². The van der Waals surface area contributed by atoms with Gasteiger partial charge in [0, 0.05) is 37.0 Å². The largest absolute Gasteiger partial charge is 0.379 e. The van der Waals surface area contributed by atoms with Gasteiger partial charge >= 0.3 is 0 Å². The third-order valence-electron chi connectivity index (χ3n) is 4.09. The van der Waals surface area contributed by atoms with E-state index < -0.39 is 0 Å². The average molecular weight is 339 g/mol. The second kappa shape index (κ2) is 7.08. The Labute approximate surface area is 144 Å². The fraction of sp³-hybridized carbons (Fsp3) is 0.278. The molecule has 0 unspecified atom stereocenters. The first-order chi connectivity index (χ1) is 12.3. The number of halogens is 1. The second-order valence-corrected chi connectivity index (χ2v) is 5.91. The molecular weight excluding hydrogens is 321 g/mol. The molecule has 1 aliphatic rings. The number of hydrogen-bond acceptors (Lipinski definition) is 5. The molecule has 0 amide bonds. The second-order valence-electron chi connectivity index (χ2n) is 5.91. The van der Waals surface area contributed by atoms with E-state index in [-0.39, 0.29) is 11.9 Å².